The van der Waals surface area contributed by atoms with Crippen molar-refractivity contribution in [1.82, 2.24) is 16.0 Å². The zero-order valence-electron chi connectivity index (χ0n) is 11.9. The van der Waals surface area contributed by atoms with Gasteiger partial charge in [-0.3, -0.25) is 4.79 Å². The first-order valence-corrected chi connectivity index (χ1v) is 7.18. The number of hydrogen-bond acceptors (Lipinski definition) is 2. The summed E-state index contributed by atoms with van der Waals surface area (Å²) in [6, 6.07) is 0.347. The molecule has 0 aromatic heterocycles. The van der Waals surface area contributed by atoms with Crippen molar-refractivity contribution < 1.29 is 4.79 Å². The summed E-state index contributed by atoms with van der Waals surface area (Å²) in [7, 11) is 0. The number of nitrogens with one attached hydrogen (secondary N) is 3. The second kappa shape index (κ2) is 9.42. The van der Waals surface area contributed by atoms with Crippen LogP contribution in [0, 0.1) is 0 Å². The normalized spacial score (nSPS) is 16.8. The lowest BCUT2D eigenvalue weighted by atomic mass is 9.95. The molecule has 1 amide bonds. The van der Waals surface area contributed by atoms with Gasteiger partial charge in [0.2, 0.25) is 5.91 Å². The zero-order chi connectivity index (χ0) is 13.9. The molecule has 5 nitrogen and oxygen atoms in total. The maximum absolute atomic E-state index is 11.8. The van der Waals surface area contributed by atoms with E-state index in [1.54, 1.807) is 6.08 Å². The summed E-state index contributed by atoms with van der Waals surface area (Å²) in [5, 5.41) is 9.21. The maximum atomic E-state index is 11.8. The minimum absolute atomic E-state index is 0.00251. The summed E-state index contributed by atoms with van der Waals surface area (Å²) in [6.07, 6.45) is 7.69. The Morgan fingerprint density at radius 2 is 2.05 bits per heavy atom. The number of guanidine groups is 1. The Bertz CT molecular complexity index is 309. The van der Waals surface area contributed by atoms with Gasteiger partial charge in [0.1, 0.15) is 6.54 Å². The fourth-order valence-electron chi connectivity index (χ4n) is 2.18. The molecule has 1 rings (SSSR count). The topological polar surface area (TPSA) is 65.5 Å². The molecule has 1 aliphatic carbocycles. The molecule has 0 aliphatic heterocycles. The van der Waals surface area contributed by atoms with Gasteiger partial charge in [0, 0.05) is 19.1 Å². The highest BCUT2D eigenvalue weighted by Gasteiger charge is 2.15. The molecule has 0 unspecified atom stereocenters. The third kappa shape index (κ3) is 6.84. The summed E-state index contributed by atoms with van der Waals surface area (Å²) in [5.74, 6) is 0.656. The second-order valence-electron chi connectivity index (χ2n) is 4.77. The van der Waals surface area contributed by atoms with Crippen LogP contribution in [0.3, 0.4) is 0 Å². The fourth-order valence-corrected chi connectivity index (χ4v) is 2.18. The molecule has 3 N–H and O–H groups in total. The highest BCUT2D eigenvalue weighted by molar-refractivity contribution is 5.85. The van der Waals surface area contributed by atoms with Crippen LogP contribution in [-0.4, -0.2) is 37.5 Å². The van der Waals surface area contributed by atoms with Crippen LogP contribution in [0.4, 0.5) is 0 Å². The average Bonchev–Trinajstić information content (AvgIpc) is 2.43. The zero-order valence-corrected chi connectivity index (χ0v) is 11.9. The van der Waals surface area contributed by atoms with Gasteiger partial charge < -0.3 is 16.0 Å². The predicted octanol–water partition coefficient (Wildman–Crippen LogP) is 1.18. The molecule has 1 saturated carbocycles. The maximum Gasteiger partial charge on any atom is 0.242 e. The number of hydrogen-bond donors (Lipinski definition) is 3. The SMILES string of the molecule is C=CCNC(=NCC(=O)NC1CCCCC1)NCC. The molecule has 0 aromatic carbocycles. The van der Waals surface area contributed by atoms with Crippen molar-refractivity contribution in [3.8, 4) is 0 Å². The first kappa shape index (κ1) is 15.5. The number of amides is 1. The molecule has 0 heterocycles. The van der Waals surface area contributed by atoms with Crippen molar-refractivity contribution in [3.05, 3.63) is 12.7 Å². The van der Waals surface area contributed by atoms with Crippen LogP contribution in [0.1, 0.15) is 39.0 Å². The molecule has 0 atom stereocenters. The van der Waals surface area contributed by atoms with Crippen LogP contribution in [0.2, 0.25) is 0 Å². The molecular formula is C14H26N4O. The molecule has 5 heteroatoms. The summed E-state index contributed by atoms with van der Waals surface area (Å²) in [5.41, 5.74) is 0. The Hall–Kier alpha value is -1.52. The number of nitrogens with zero attached hydrogens (tertiary/aromatic N) is 1. The Kier molecular flexibility index (Phi) is 7.70. The first-order valence-electron chi connectivity index (χ1n) is 7.18. The van der Waals surface area contributed by atoms with Crippen molar-refractivity contribution in [2.75, 3.05) is 19.6 Å². The quantitative estimate of drug-likeness (QED) is 0.384. The highest BCUT2D eigenvalue weighted by atomic mass is 16.1. The minimum Gasteiger partial charge on any atom is -0.357 e. The van der Waals surface area contributed by atoms with Crippen LogP contribution < -0.4 is 16.0 Å². The van der Waals surface area contributed by atoms with Crippen molar-refractivity contribution in [3.63, 3.8) is 0 Å². The van der Waals surface area contributed by atoms with Gasteiger partial charge in [-0.1, -0.05) is 25.3 Å². The van der Waals surface area contributed by atoms with E-state index in [0.29, 0.717) is 18.5 Å². The summed E-state index contributed by atoms with van der Waals surface area (Å²) < 4.78 is 0. The van der Waals surface area contributed by atoms with Crippen LogP contribution in [-0.2, 0) is 4.79 Å². The monoisotopic (exact) mass is 266 g/mol. The summed E-state index contributed by atoms with van der Waals surface area (Å²) in [6.45, 7) is 7.21. The molecule has 0 saturated heterocycles. The molecule has 0 bridgehead atoms. The van der Waals surface area contributed by atoms with E-state index in [2.05, 4.69) is 27.5 Å². The Balaban J connectivity index is 2.33. The van der Waals surface area contributed by atoms with E-state index >= 15 is 0 Å². The van der Waals surface area contributed by atoms with Crippen LogP contribution in [0.15, 0.2) is 17.6 Å². The van der Waals surface area contributed by atoms with Crippen LogP contribution in [0.5, 0.6) is 0 Å². The smallest absolute Gasteiger partial charge is 0.242 e. The van der Waals surface area contributed by atoms with Gasteiger partial charge in [0.15, 0.2) is 5.96 Å². The van der Waals surface area contributed by atoms with Crippen molar-refractivity contribution in [2.24, 2.45) is 4.99 Å². The molecule has 19 heavy (non-hydrogen) atoms. The molecule has 0 radical (unpaired) electrons. The van der Waals surface area contributed by atoms with Gasteiger partial charge in [0.05, 0.1) is 0 Å². The molecular weight excluding hydrogens is 240 g/mol. The molecule has 1 fully saturated rings. The lowest BCUT2D eigenvalue weighted by molar-refractivity contribution is -0.120. The van der Waals surface area contributed by atoms with E-state index < -0.39 is 0 Å². The highest BCUT2D eigenvalue weighted by Crippen LogP contribution is 2.17. The van der Waals surface area contributed by atoms with Gasteiger partial charge in [-0.2, -0.15) is 0 Å². The lowest BCUT2D eigenvalue weighted by Crippen LogP contribution is -2.40. The van der Waals surface area contributed by atoms with E-state index in [1.807, 2.05) is 6.92 Å². The van der Waals surface area contributed by atoms with Crippen molar-refractivity contribution in [1.29, 1.82) is 0 Å². The molecule has 0 aromatic rings. The van der Waals surface area contributed by atoms with E-state index in [0.717, 1.165) is 19.4 Å². The first-order chi connectivity index (χ1) is 9.26. The number of carbonyl (C=O) groups is 1. The van der Waals surface area contributed by atoms with Crippen LogP contribution in [0.25, 0.3) is 0 Å². The average molecular weight is 266 g/mol. The lowest BCUT2D eigenvalue weighted by Gasteiger charge is -2.22. The van der Waals surface area contributed by atoms with Crippen molar-refractivity contribution in [2.45, 2.75) is 45.1 Å². The van der Waals surface area contributed by atoms with Gasteiger partial charge in [-0.25, -0.2) is 4.99 Å². The van der Waals surface area contributed by atoms with E-state index in [9.17, 15) is 4.79 Å². The van der Waals surface area contributed by atoms with Gasteiger partial charge >= 0.3 is 0 Å². The summed E-state index contributed by atoms with van der Waals surface area (Å²) >= 11 is 0. The second-order valence-corrected chi connectivity index (χ2v) is 4.77. The number of carbonyl (C=O) groups excluding carboxylic acids is 1. The van der Waals surface area contributed by atoms with E-state index in [-0.39, 0.29) is 12.5 Å². The van der Waals surface area contributed by atoms with E-state index in [1.165, 1.54) is 19.3 Å². The number of rotatable bonds is 6. The Morgan fingerprint density at radius 1 is 1.32 bits per heavy atom. The minimum atomic E-state index is 0.00251. The van der Waals surface area contributed by atoms with Gasteiger partial charge in [-0.15, -0.1) is 6.58 Å². The van der Waals surface area contributed by atoms with Crippen LogP contribution >= 0.6 is 0 Å². The van der Waals surface area contributed by atoms with Gasteiger partial charge in [-0.05, 0) is 19.8 Å². The molecule has 1 aliphatic rings. The fraction of sp³-hybridized carbons (Fsp3) is 0.714. The Morgan fingerprint density at radius 3 is 2.68 bits per heavy atom. The molecule has 108 valence electrons. The number of aliphatic imine (C=N–C) groups is 1. The largest absolute Gasteiger partial charge is 0.357 e. The van der Waals surface area contributed by atoms with E-state index in [4.69, 9.17) is 0 Å². The summed E-state index contributed by atoms with van der Waals surface area (Å²) in [4.78, 5) is 16.1. The Labute approximate surface area is 115 Å². The standard InChI is InChI=1S/C14H26N4O/c1-3-10-16-14(15-4-2)17-11-13(19)18-12-8-6-5-7-9-12/h3,12H,1,4-11H2,2H3,(H,18,19)(H2,15,16,17). The third-order valence-electron chi connectivity index (χ3n) is 3.11. The van der Waals surface area contributed by atoms with Crippen molar-refractivity contribution >= 4 is 11.9 Å². The predicted molar refractivity (Wildman–Crippen MR) is 79.2 cm³/mol. The third-order valence-corrected chi connectivity index (χ3v) is 3.11. The van der Waals surface area contributed by atoms with Gasteiger partial charge in [0.25, 0.3) is 0 Å². The molecule has 0 spiro atoms.